The standard InChI is InChI=1S/C27H34N4O3S/c1-4-17(2)23(27(33)34)30-26(32)19-14-15-31-22(16-19)29-24(18-10-12-21(35-3)13-11-18)25(31)28-20-8-6-5-7-9-20/h10-17,20,23,28H,4-9H2,1-3H3,(H,30,32)(H,33,34). The van der Waals surface area contributed by atoms with Gasteiger partial charge in [-0.1, -0.05) is 51.7 Å². The number of imidazole rings is 1. The maximum atomic E-state index is 12.9. The molecule has 1 aromatic carbocycles. The van der Waals surface area contributed by atoms with E-state index in [4.69, 9.17) is 4.98 Å². The van der Waals surface area contributed by atoms with Crippen molar-refractivity contribution in [1.29, 1.82) is 0 Å². The lowest BCUT2D eigenvalue weighted by Gasteiger charge is -2.24. The van der Waals surface area contributed by atoms with Gasteiger partial charge in [0.25, 0.3) is 5.91 Å². The van der Waals surface area contributed by atoms with Gasteiger partial charge < -0.3 is 15.7 Å². The molecule has 1 saturated carbocycles. The topological polar surface area (TPSA) is 95.7 Å². The minimum absolute atomic E-state index is 0.172. The fourth-order valence-electron chi connectivity index (χ4n) is 4.62. The fraction of sp³-hybridized carbons (Fsp3) is 0.444. The van der Waals surface area contributed by atoms with Crippen LogP contribution < -0.4 is 10.6 Å². The van der Waals surface area contributed by atoms with Gasteiger partial charge in [0.2, 0.25) is 0 Å². The van der Waals surface area contributed by atoms with E-state index >= 15 is 0 Å². The van der Waals surface area contributed by atoms with E-state index in [1.807, 2.05) is 24.4 Å². The summed E-state index contributed by atoms with van der Waals surface area (Å²) >= 11 is 1.70. The maximum absolute atomic E-state index is 12.9. The van der Waals surface area contributed by atoms with Gasteiger partial charge in [0.15, 0.2) is 0 Å². The summed E-state index contributed by atoms with van der Waals surface area (Å²) in [7, 11) is 0. The van der Waals surface area contributed by atoms with Crippen molar-refractivity contribution in [2.75, 3.05) is 11.6 Å². The molecule has 1 amide bonds. The summed E-state index contributed by atoms with van der Waals surface area (Å²) in [5.74, 6) is -0.673. The Morgan fingerprint density at radius 2 is 1.89 bits per heavy atom. The number of pyridine rings is 1. The van der Waals surface area contributed by atoms with Crippen molar-refractivity contribution < 1.29 is 14.7 Å². The van der Waals surface area contributed by atoms with Crippen LogP contribution in [0.2, 0.25) is 0 Å². The van der Waals surface area contributed by atoms with Crippen molar-refractivity contribution in [3.05, 3.63) is 48.2 Å². The van der Waals surface area contributed by atoms with Crippen molar-refractivity contribution in [3.8, 4) is 11.3 Å². The highest BCUT2D eigenvalue weighted by Gasteiger charge is 2.26. The smallest absolute Gasteiger partial charge is 0.326 e. The van der Waals surface area contributed by atoms with Gasteiger partial charge in [0.05, 0.1) is 0 Å². The fourth-order valence-corrected chi connectivity index (χ4v) is 5.03. The Hall–Kier alpha value is -3.00. The summed E-state index contributed by atoms with van der Waals surface area (Å²) in [5, 5.41) is 16.0. The number of carboxylic acid groups (broad SMARTS) is 1. The zero-order chi connectivity index (χ0) is 24.9. The number of fused-ring (bicyclic) bond motifs is 1. The molecule has 7 nitrogen and oxygen atoms in total. The quantitative estimate of drug-likeness (QED) is 0.331. The highest BCUT2D eigenvalue weighted by atomic mass is 32.2. The number of thioether (sulfide) groups is 1. The number of carbonyl (C=O) groups is 2. The zero-order valence-corrected chi connectivity index (χ0v) is 21.4. The van der Waals surface area contributed by atoms with E-state index in [1.54, 1.807) is 23.9 Å². The third-order valence-corrected chi connectivity index (χ3v) is 7.71. The molecule has 2 aromatic heterocycles. The molecule has 2 unspecified atom stereocenters. The average molecular weight is 495 g/mol. The number of amides is 1. The lowest BCUT2D eigenvalue weighted by atomic mass is 9.95. The van der Waals surface area contributed by atoms with E-state index in [-0.39, 0.29) is 5.92 Å². The molecule has 3 N–H and O–H groups in total. The van der Waals surface area contributed by atoms with Gasteiger partial charge in [-0.2, -0.15) is 0 Å². The van der Waals surface area contributed by atoms with Crippen LogP contribution in [0.4, 0.5) is 5.82 Å². The lowest BCUT2D eigenvalue weighted by Crippen LogP contribution is -2.45. The third-order valence-electron chi connectivity index (χ3n) is 6.96. The molecular weight excluding hydrogens is 460 g/mol. The summed E-state index contributed by atoms with van der Waals surface area (Å²) in [6.45, 7) is 3.74. The van der Waals surface area contributed by atoms with Crippen LogP contribution in [0.15, 0.2) is 47.5 Å². The first kappa shape index (κ1) is 25.1. The van der Waals surface area contributed by atoms with Crippen LogP contribution in [0.3, 0.4) is 0 Å². The van der Waals surface area contributed by atoms with Crippen molar-refractivity contribution in [3.63, 3.8) is 0 Å². The molecule has 2 heterocycles. The van der Waals surface area contributed by atoms with Crippen LogP contribution in [-0.2, 0) is 4.79 Å². The molecule has 0 aliphatic heterocycles. The Morgan fingerprint density at radius 3 is 2.51 bits per heavy atom. The van der Waals surface area contributed by atoms with Crippen LogP contribution in [0, 0.1) is 5.92 Å². The number of hydrogen-bond donors (Lipinski definition) is 3. The molecule has 0 radical (unpaired) electrons. The molecule has 1 aliphatic carbocycles. The van der Waals surface area contributed by atoms with Gasteiger partial charge in [-0.05, 0) is 49.3 Å². The van der Waals surface area contributed by atoms with Gasteiger partial charge in [-0.15, -0.1) is 11.8 Å². The number of carboxylic acids is 1. The molecule has 8 heteroatoms. The number of anilines is 1. The molecule has 3 aromatic rings. The Balaban J connectivity index is 1.70. The highest BCUT2D eigenvalue weighted by molar-refractivity contribution is 7.98. The minimum Gasteiger partial charge on any atom is -0.480 e. The van der Waals surface area contributed by atoms with Gasteiger partial charge in [-0.25, -0.2) is 9.78 Å². The Bertz CT molecular complexity index is 1190. The van der Waals surface area contributed by atoms with Crippen molar-refractivity contribution in [1.82, 2.24) is 14.7 Å². The number of nitrogens with zero attached hydrogens (tertiary/aromatic N) is 2. The maximum Gasteiger partial charge on any atom is 0.326 e. The van der Waals surface area contributed by atoms with E-state index < -0.39 is 17.9 Å². The second kappa shape index (κ2) is 11.2. The van der Waals surface area contributed by atoms with E-state index in [2.05, 4.69) is 41.2 Å². The zero-order valence-electron chi connectivity index (χ0n) is 20.6. The molecule has 4 rings (SSSR count). The molecule has 0 spiro atoms. The summed E-state index contributed by atoms with van der Waals surface area (Å²) in [6, 6.07) is 11.3. The summed E-state index contributed by atoms with van der Waals surface area (Å²) < 4.78 is 1.99. The number of benzene rings is 1. The number of aromatic nitrogens is 2. The van der Waals surface area contributed by atoms with E-state index in [0.29, 0.717) is 23.7 Å². The van der Waals surface area contributed by atoms with Crippen LogP contribution >= 0.6 is 11.8 Å². The number of nitrogens with one attached hydrogen (secondary N) is 2. The Labute approximate surface area is 210 Å². The molecule has 0 bridgehead atoms. The monoisotopic (exact) mass is 494 g/mol. The SMILES string of the molecule is CCC(C)C(NC(=O)c1ccn2c(NC3CCCCC3)c(-c3ccc(SC)cc3)nc2c1)C(=O)O. The van der Waals surface area contributed by atoms with Crippen LogP contribution in [-0.4, -0.2) is 44.7 Å². The molecule has 2 atom stereocenters. The van der Waals surface area contributed by atoms with Crippen LogP contribution in [0.25, 0.3) is 16.9 Å². The number of carbonyl (C=O) groups excluding carboxylic acids is 1. The van der Waals surface area contributed by atoms with Crippen LogP contribution in [0.5, 0.6) is 0 Å². The predicted octanol–water partition coefficient (Wildman–Crippen LogP) is 5.70. The van der Waals surface area contributed by atoms with Crippen molar-refractivity contribution >= 4 is 35.1 Å². The summed E-state index contributed by atoms with van der Waals surface area (Å²) in [5.41, 5.74) is 2.91. The number of rotatable bonds is 9. The van der Waals surface area contributed by atoms with Crippen LogP contribution in [0.1, 0.15) is 62.7 Å². The van der Waals surface area contributed by atoms with Gasteiger partial charge in [0, 0.05) is 28.3 Å². The first-order chi connectivity index (χ1) is 16.9. The normalized spacial score (nSPS) is 16.1. The van der Waals surface area contributed by atoms with E-state index in [9.17, 15) is 14.7 Å². The van der Waals surface area contributed by atoms with E-state index in [0.717, 1.165) is 29.9 Å². The van der Waals surface area contributed by atoms with Gasteiger partial charge in [-0.3, -0.25) is 9.20 Å². The largest absolute Gasteiger partial charge is 0.480 e. The Morgan fingerprint density at radius 1 is 1.17 bits per heavy atom. The molecule has 186 valence electrons. The minimum atomic E-state index is -1.02. The molecule has 1 fully saturated rings. The highest BCUT2D eigenvalue weighted by Crippen LogP contribution is 2.32. The Kier molecular flexibility index (Phi) is 8.00. The van der Waals surface area contributed by atoms with E-state index in [1.165, 1.54) is 24.2 Å². The predicted molar refractivity (Wildman–Crippen MR) is 141 cm³/mol. The second-order valence-electron chi connectivity index (χ2n) is 9.34. The van der Waals surface area contributed by atoms with Crippen molar-refractivity contribution in [2.45, 2.75) is 69.4 Å². The second-order valence-corrected chi connectivity index (χ2v) is 10.2. The van der Waals surface area contributed by atoms with Crippen molar-refractivity contribution in [2.24, 2.45) is 5.92 Å². The number of aliphatic carboxylic acids is 1. The van der Waals surface area contributed by atoms with Gasteiger partial charge >= 0.3 is 5.97 Å². The molecule has 1 aliphatic rings. The van der Waals surface area contributed by atoms with Gasteiger partial charge in [0.1, 0.15) is 23.2 Å². The first-order valence-electron chi connectivity index (χ1n) is 12.4. The summed E-state index contributed by atoms with van der Waals surface area (Å²) in [6.07, 6.45) is 10.5. The molecule has 35 heavy (non-hydrogen) atoms. The number of hydrogen-bond acceptors (Lipinski definition) is 5. The molecular formula is C27H34N4O3S. The third kappa shape index (κ3) is 5.64. The summed E-state index contributed by atoms with van der Waals surface area (Å²) in [4.78, 5) is 30.7. The lowest BCUT2D eigenvalue weighted by molar-refractivity contribution is -0.140. The molecule has 0 saturated heterocycles. The average Bonchev–Trinajstić information content (AvgIpc) is 3.24. The first-order valence-corrected chi connectivity index (χ1v) is 13.6.